The fraction of sp³-hybridized carbons (Fsp3) is 0.429. The molecule has 0 radical (unpaired) electrons. The number of halogens is 1. The van der Waals surface area contributed by atoms with Crippen molar-refractivity contribution in [1.82, 2.24) is 4.90 Å². The van der Waals surface area contributed by atoms with Gasteiger partial charge in [0.25, 0.3) is 0 Å². The molecular weight excluding hydrogens is 306 g/mol. The van der Waals surface area contributed by atoms with Crippen molar-refractivity contribution in [2.75, 3.05) is 0 Å². The Morgan fingerprint density at radius 1 is 1.42 bits per heavy atom. The second-order valence-corrected chi connectivity index (χ2v) is 6.46. The highest BCUT2D eigenvalue weighted by Crippen LogP contribution is 2.49. The lowest BCUT2D eigenvalue weighted by Gasteiger charge is -2.35. The van der Waals surface area contributed by atoms with E-state index in [9.17, 15) is 4.79 Å². The van der Waals surface area contributed by atoms with Crippen molar-refractivity contribution >= 4 is 27.8 Å². The molecule has 4 rings (SSSR count). The molecule has 4 nitrogen and oxygen atoms in total. The lowest BCUT2D eigenvalue weighted by molar-refractivity contribution is 0.165. The predicted octanol–water partition coefficient (Wildman–Crippen LogP) is 2.55. The number of hydrogen-bond donors (Lipinski definition) is 1. The summed E-state index contributed by atoms with van der Waals surface area (Å²) in [6, 6.07) is 6.41. The van der Waals surface area contributed by atoms with Crippen molar-refractivity contribution in [1.29, 1.82) is 0 Å². The third-order valence-corrected chi connectivity index (χ3v) is 4.93. The second-order valence-electron chi connectivity index (χ2n) is 5.54. The van der Waals surface area contributed by atoms with Gasteiger partial charge < -0.3 is 10.6 Å². The summed E-state index contributed by atoms with van der Waals surface area (Å²) in [7, 11) is 0. The molecule has 3 aliphatic rings. The van der Waals surface area contributed by atoms with Crippen LogP contribution in [-0.4, -0.2) is 22.8 Å². The quantitative estimate of drug-likeness (QED) is 0.864. The molecule has 2 N–H and O–H groups in total. The standard InChI is InChI=1S/C14H14BrN3O/c15-9-1-4-11-8(7-9)5-6-14(11)12(16)17-13(19)18(14)10-2-3-10/h1,4,7,10H,2-3,5-6H2,(H2,16,17,19). The van der Waals surface area contributed by atoms with Gasteiger partial charge in [-0.1, -0.05) is 22.0 Å². The van der Waals surface area contributed by atoms with Crippen molar-refractivity contribution in [3.63, 3.8) is 0 Å². The highest BCUT2D eigenvalue weighted by molar-refractivity contribution is 9.10. The summed E-state index contributed by atoms with van der Waals surface area (Å²) in [4.78, 5) is 18.1. The topological polar surface area (TPSA) is 58.7 Å². The van der Waals surface area contributed by atoms with Crippen LogP contribution < -0.4 is 5.73 Å². The number of amides is 2. The van der Waals surface area contributed by atoms with Crippen LogP contribution in [0.1, 0.15) is 30.4 Å². The largest absolute Gasteiger partial charge is 0.385 e. The zero-order valence-electron chi connectivity index (χ0n) is 10.4. The van der Waals surface area contributed by atoms with E-state index in [4.69, 9.17) is 5.73 Å². The van der Waals surface area contributed by atoms with Crippen molar-refractivity contribution in [3.8, 4) is 0 Å². The van der Waals surface area contributed by atoms with E-state index < -0.39 is 5.54 Å². The lowest BCUT2D eigenvalue weighted by Crippen LogP contribution is -2.51. The van der Waals surface area contributed by atoms with Crippen LogP contribution in [0, 0.1) is 0 Å². The van der Waals surface area contributed by atoms with Gasteiger partial charge in [-0.15, -0.1) is 0 Å². The number of aryl methyl sites for hydroxylation is 1. The molecule has 2 aliphatic carbocycles. The molecule has 1 aromatic carbocycles. The number of carbonyl (C=O) groups excluding carboxylic acids is 1. The number of aliphatic imine (C=N–C) groups is 1. The van der Waals surface area contributed by atoms with Gasteiger partial charge in [-0.3, -0.25) is 0 Å². The zero-order valence-corrected chi connectivity index (χ0v) is 12.0. The number of urea groups is 1. The molecule has 1 aromatic rings. The van der Waals surface area contributed by atoms with E-state index in [-0.39, 0.29) is 6.03 Å². The van der Waals surface area contributed by atoms with E-state index in [1.807, 2.05) is 11.0 Å². The summed E-state index contributed by atoms with van der Waals surface area (Å²) in [6.07, 6.45) is 3.95. The number of hydrogen-bond acceptors (Lipinski definition) is 2. The maximum Gasteiger partial charge on any atom is 0.346 e. The number of rotatable bonds is 1. The van der Waals surface area contributed by atoms with Crippen LogP contribution >= 0.6 is 15.9 Å². The molecule has 2 amide bonds. The summed E-state index contributed by atoms with van der Waals surface area (Å²) in [5.41, 5.74) is 8.12. The molecule has 0 bridgehead atoms. The Bertz CT molecular complexity index is 623. The molecule has 1 aliphatic heterocycles. The van der Waals surface area contributed by atoms with E-state index in [2.05, 4.69) is 33.1 Å². The van der Waals surface area contributed by atoms with Crippen LogP contribution in [0.25, 0.3) is 0 Å². The first-order chi connectivity index (χ1) is 9.13. The Labute approximate surface area is 119 Å². The highest BCUT2D eigenvalue weighted by atomic mass is 79.9. The normalized spacial score (nSPS) is 29.0. The van der Waals surface area contributed by atoms with Crippen molar-refractivity contribution in [2.45, 2.75) is 37.3 Å². The molecule has 1 heterocycles. The average Bonchev–Trinajstić information content (AvgIpc) is 3.07. The summed E-state index contributed by atoms with van der Waals surface area (Å²) >= 11 is 3.50. The highest BCUT2D eigenvalue weighted by Gasteiger charge is 2.57. The Kier molecular flexibility index (Phi) is 2.17. The average molecular weight is 320 g/mol. The smallest absolute Gasteiger partial charge is 0.346 e. The van der Waals surface area contributed by atoms with Gasteiger partial charge >= 0.3 is 6.03 Å². The Balaban J connectivity index is 1.91. The maximum absolute atomic E-state index is 12.2. The van der Waals surface area contributed by atoms with Crippen LogP contribution in [0.15, 0.2) is 27.7 Å². The molecule has 1 atom stereocenters. The summed E-state index contributed by atoms with van der Waals surface area (Å²) in [5, 5.41) is 0. The van der Waals surface area contributed by atoms with Crippen molar-refractivity contribution < 1.29 is 4.79 Å². The van der Waals surface area contributed by atoms with E-state index in [1.54, 1.807) is 0 Å². The SMILES string of the molecule is NC1=NC(=O)N(C2CC2)C12CCc1cc(Br)ccc12. The minimum atomic E-state index is -0.464. The van der Waals surface area contributed by atoms with Crippen molar-refractivity contribution in [2.24, 2.45) is 10.7 Å². The zero-order chi connectivity index (χ0) is 13.2. The molecule has 5 heteroatoms. The van der Waals surface area contributed by atoms with Crippen LogP contribution in [0.3, 0.4) is 0 Å². The van der Waals surface area contributed by atoms with Gasteiger partial charge in [0, 0.05) is 10.5 Å². The first-order valence-electron chi connectivity index (χ1n) is 6.60. The second kappa shape index (κ2) is 3.60. The number of benzene rings is 1. The van der Waals surface area contributed by atoms with Gasteiger partial charge in [0.05, 0.1) is 0 Å². The molecule has 1 saturated carbocycles. The minimum Gasteiger partial charge on any atom is -0.385 e. The minimum absolute atomic E-state index is 0.157. The van der Waals surface area contributed by atoms with E-state index in [0.29, 0.717) is 11.9 Å². The Hall–Kier alpha value is -1.36. The number of amidine groups is 1. The summed E-state index contributed by atoms with van der Waals surface area (Å²) in [5.74, 6) is 0.477. The van der Waals surface area contributed by atoms with E-state index >= 15 is 0 Å². The predicted molar refractivity (Wildman–Crippen MR) is 76.0 cm³/mol. The number of carbonyl (C=O) groups is 1. The van der Waals surface area contributed by atoms with Gasteiger partial charge in [-0.2, -0.15) is 4.99 Å². The maximum atomic E-state index is 12.2. The Morgan fingerprint density at radius 3 is 2.95 bits per heavy atom. The molecule has 98 valence electrons. The number of nitrogens with two attached hydrogens (primary N) is 1. The van der Waals surface area contributed by atoms with Crippen LogP contribution in [0.4, 0.5) is 4.79 Å². The van der Waals surface area contributed by atoms with Gasteiger partial charge in [0.1, 0.15) is 11.4 Å². The van der Waals surface area contributed by atoms with Crippen LogP contribution in [-0.2, 0) is 12.0 Å². The molecule has 1 unspecified atom stereocenters. The van der Waals surface area contributed by atoms with Gasteiger partial charge in [0.15, 0.2) is 0 Å². The van der Waals surface area contributed by atoms with Crippen LogP contribution in [0.2, 0.25) is 0 Å². The van der Waals surface area contributed by atoms with Gasteiger partial charge in [-0.05, 0) is 48.9 Å². The van der Waals surface area contributed by atoms with Crippen LogP contribution in [0.5, 0.6) is 0 Å². The molecular formula is C14H14BrN3O. The number of fused-ring (bicyclic) bond motifs is 2. The fourth-order valence-corrected chi connectivity index (χ4v) is 3.88. The third kappa shape index (κ3) is 1.39. The summed E-state index contributed by atoms with van der Waals surface area (Å²) < 4.78 is 1.07. The monoisotopic (exact) mass is 319 g/mol. The van der Waals surface area contributed by atoms with E-state index in [0.717, 1.165) is 35.7 Å². The lowest BCUT2D eigenvalue weighted by atomic mass is 9.89. The number of nitrogens with zero attached hydrogens (tertiary/aromatic N) is 2. The van der Waals surface area contributed by atoms with Gasteiger partial charge in [0.2, 0.25) is 0 Å². The van der Waals surface area contributed by atoms with E-state index in [1.165, 1.54) is 5.56 Å². The molecule has 0 aromatic heterocycles. The molecule has 0 saturated heterocycles. The third-order valence-electron chi connectivity index (χ3n) is 4.44. The molecule has 19 heavy (non-hydrogen) atoms. The van der Waals surface area contributed by atoms with Gasteiger partial charge in [-0.25, -0.2) is 4.79 Å². The van der Waals surface area contributed by atoms with Crippen molar-refractivity contribution in [3.05, 3.63) is 33.8 Å². The summed E-state index contributed by atoms with van der Waals surface area (Å²) in [6.45, 7) is 0. The first-order valence-corrected chi connectivity index (χ1v) is 7.39. The molecule has 1 fully saturated rings. The fourth-order valence-electron chi connectivity index (χ4n) is 3.48. The first kappa shape index (κ1) is 11.5. The molecule has 1 spiro atoms. The Morgan fingerprint density at radius 2 is 2.21 bits per heavy atom.